The second-order valence-electron chi connectivity index (χ2n) is 7.61. The van der Waals surface area contributed by atoms with E-state index in [1.54, 1.807) is 16.4 Å². The van der Waals surface area contributed by atoms with Crippen LogP contribution in [0.15, 0.2) is 71.6 Å². The summed E-state index contributed by atoms with van der Waals surface area (Å²) in [6.45, 7) is 2.64. The molecule has 0 spiro atoms. The molecule has 5 heteroatoms. The van der Waals surface area contributed by atoms with Gasteiger partial charge >= 0.3 is 0 Å². The van der Waals surface area contributed by atoms with Crippen molar-refractivity contribution < 1.29 is 8.42 Å². The van der Waals surface area contributed by atoms with E-state index in [1.807, 2.05) is 19.1 Å². The van der Waals surface area contributed by atoms with Crippen molar-refractivity contribution in [1.29, 1.82) is 0 Å². The third-order valence-electron chi connectivity index (χ3n) is 5.88. The van der Waals surface area contributed by atoms with Crippen molar-refractivity contribution in [2.75, 3.05) is 12.7 Å². The van der Waals surface area contributed by atoms with Crippen molar-refractivity contribution in [2.45, 2.75) is 29.9 Å². The van der Waals surface area contributed by atoms with Crippen molar-refractivity contribution >= 4 is 34.0 Å². The van der Waals surface area contributed by atoms with E-state index in [2.05, 4.69) is 42.5 Å². The second-order valence-corrected chi connectivity index (χ2v) is 12.1. The summed E-state index contributed by atoms with van der Waals surface area (Å²) in [5.74, 6) is 0. The number of sulfonamides is 1. The zero-order chi connectivity index (χ0) is 18.6. The molecule has 2 saturated heterocycles. The first-order chi connectivity index (χ1) is 13.0. The molecule has 138 valence electrons. The van der Waals surface area contributed by atoms with Crippen LogP contribution in [0.25, 0.3) is 10.8 Å². The lowest BCUT2D eigenvalue weighted by molar-refractivity contribution is 0.408. The molecule has 3 aromatic carbocycles. The van der Waals surface area contributed by atoms with E-state index in [0.29, 0.717) is 17.1 Å². The average Bonchev–Trinajstić information content (AvgIpc) is 3.29. The number of hydrogen-bond donors (Lipinski definition) is 0. The largest absolute Gasteiger partial charge is 0.243 e. The van der Waals surface area contributed by atoms with Gasteiger partial charge in [-0.25, -0.2) is 8.42 Å². The Morgan fingerprint density at radius 2 is 1.70 bits per heavy atom. The summed E-state index contributed by atoms with van der Waals surface area (Å²) in [7, 11) is -3.66. The Hall–Kier alpha value is -1.74. The van der Waals surface area contributed by atoms with Crippen LogP contribution in [0, 0.1) is 6.92 Å². The monoisotopic (exact) mass is 395 g/mol. The fraction of sp³-hybridized carbons (Fsp3) is 0.273. The Kier molecular flexibility index (Phi) is 4.12. The van der Waals surface area contributed by atoms with E-state index >= 15 is 0 Å². The Morgan fingerprint density at radius 1 is 0.963 bits per heavy atom. The number of rotatable bonds is 3. The van der Waals surface area contributed by atoms with Crippen LogP contribution in [0.2, 0.25) is 0 Å². The van der Waals surface area contributed by atoms with Crippen LogP contribution < -0.4 is 5.30 Å². The van der Waals surface area contributed by atoms with E-state index in [-0.39, 0.29) is 14.0 Å². The van der Waals surface area contributed by atoms with Gasteiger partial charge in [-0.3, -0.25) is 0 Å². The molecule has 0 aromatic heterocycles. The minimum absolute atomic E-state index is 0.152. The highest BCUT2D eigenvalue weighted by atomic mass is 32.2. The molecule has 2 aliphatic rings. The molecular formula is C22H22NO2PS. The smallest absolute Gasteiger partial charge is 0.207 e. The van der Waals surface area contributed by atoms with Crippen molar-refractivity contribution in [3.05, 3.63) is 72.3 Å². The molecule has 3 atom stereocenters. The van der Waals surface area contributed by atoms with Gasteiger partial charge < -0.3 is 0 Å². The summed E-state index contributed by atoms with van der Waals surface area (Å²) >= 11 is 0. The third-order valence-corrected chi connectivity index (χ3v) is 10.8. The van der Waals surface area contributed by atoms with Crippen LogP contribution in [0.3, 0.4) is 0 Å². The average molecular weight is 395 g/mol. The zero-order valence-corrected chi connectivity index (χ0v) is 17.0. The van der Waals surface area contributed by atoms with Gasteiger partial charge in [-0.05, 0) is 59.4 Å². The minimum Gasteiger partial charge on any atom is -0.207 e. The highest BCUT2D eigenvalue weighted by Crippen LogP contribution is 2.55. The first kappa shape index (κ1) is 17.4. The standard InChI is InChI=1S/C22H22NO2PS/c1-16-6-10-22(11-7-16)27(24,25)23-14-21-13-19(23)15-26(21)20-9-8-17-4-2-3-5-18(17)12-20/h2-12,19,21H,13-15H2,1H3. The van der Waals surface area contributed by atoms with Crippen molar-refractivity contribution in [3.63, 3.8) is 0 Å². The van der Waals surface area contributed by atoms with Crippen LogP contribution in [-0.4, -0.2) is 37.1 Å². The summed E-state index contributed by atoms with van der Waals surface area (Å²) in [6, 6.07) is 22.6. The fourth-order valence-electron chi connectivity index (χ4n) is 4.44. The Labute approximate surface area is 161 Å². The molecule has 3 unspecified atom stereocenters. The number of hydrogen-bond acceptors (Lipinski definition) is 2. The quantitative estimate of drug-likeness (QED) is 0.626. The molecule has 0 aliphatic carbocycles. The summed E-state index contributed by atoms with van der Waals surface area (Å²) in [5.41, 5.74) is 1.56. The predicted molar refractivity (Wildman–Crippen MR) is 113 cm³/mol. The van der Waals surface area contributed by atoms with Crippen LogP contribution >= 0.6 is 7.92 Å². The van der Waals surface area contributed by atoms with Crippen LogP contribution in [0.4, 0.5) is 0 Å². The Bertz CT molecular complexity index is 1110. The first-order valence-electron chi connectivity index (χ1n) is 9.36. The summed E-state index contributed by atoms with van der Waals surface area (Å²) in [6.07, 6.45) is 1.99. The van der Waals surface area contributed by atoms with Gasteiger partial charge in [-0.15, -0.1) is 0 Å². The molecule has 2 fully saturated rings. The van der Waals surface area contributed by atoms with E-state index in [1.165, 1.54) is 16.1 Å². The van der Waals surface area contributed by atoms with E-state index in [4.69, 9.17) is 0 Å². The Morgan fingerprint density at radius 3 is 2.41 bits per heavy atom. The van der Waals surface area contributed by atoms with Crippen LogP contribution in [0.1, 0.15) is 12.0 Å². The Balaban J connectivity index is 1.40. The number of benzene rings is 3. The molecule has 0 saturated carbocycles. The SMILES string of the molecule is Cc1ccc(S(=O)(=O)N2CC3CC2CP3c2ccc3ccccc3c2)cc1. The molecule has 0 amide bonds. The lowest BCUT2D eigenvalue weighted by atomic mass is 10.1. The number of nitrogens with zero attached hydrogens (tertiary/aromatic N) is 1. The van der Waals surface area contributed by atoms with Crippen molar-refractivity contribution in [3.8, 4) is 0 Å². The van der Waals surface area contributed by atoms with Crippen molar-refractivity contribution in [2.24, 2.45) is 0 Å². The third kappa shape index (κ3) is 2.91. The van der Waals surface area contributed by atoms with Crippen LogP contribution in [-0.2, 0) is 10.0 Å². The maximum Gasteiger partial charge on any atom is 0.243 e. The van der Waals surface area contributed by atoms with Gasteiger partial charge in [0, 0.05) is 12.6 Å². The molecule has 0 radical (unpaired) electrons. The molecule has 2 aliphatic heterocycles. The topological polar surface area (TPSA) is 37.4 Å². The van der Waals surface area contributed by atoms with E-state index in [9.17, 15) is 8.42 Å². The second kappa shape index (κ2) is 6.41. The molecular weight excluding hydrogens is 373 g/mol. The predicted octanol–water partition coefficient (Wildman–Crippen LogP) is 4.10. The lowest BCUT2D eigenvalue weighted by Crippen LogP contribution is -2.40. The minimum atomic E-state index is -3.38. The molecule has 2 bridgehead atoms. The molecule has 3 aromatic rings. The highest BCUT2D eigenvalue weighted by molar-refractivity contribution is 7.89. The van der Waals surface area contributed by atoms with Gasteiger partial charge in [0.15, 0.2) is 0 Å². The van der Waals surface area contributed by atoms with Crippen LogP contribution in [0.5, 0.6) is 0 Å². The highest BCUT2D eigenvalue weighted by Gasteiger charge is 2.49. The molecule has 27 heavy (non-hydrogen) atoms. The van der Waals surface area contributed by atoms with Gasteiger partial charge in [-0.1, -0.05) is 62.0 Å². The zero-order valence-electron chi connectivity index (χ0n) is 15.2. The summed E-state index contributed by atoms with van der Waals surface area (Å²) in [4.78, 5) is 0.427. The molecule has 5 rings (SSSR count). The van der Waals surface area contributed by atoms with Gasteiger partial charge in [0.05, 0.1) is 4.90 Å². The van der Waals surface area contributed by atoms with Gasteiger partial charge in [0.1, 0.15) is 0 Å². The first-order valence-corrected chi connectivity index (χ1v) is 12.4. The molecule has 0 N–H and O–H groups in total. The lowest BCUT2D eigenvalue weighted by Gasteiger charge is -2.31. The normalized spacial score (nSPS) is 25.3. The van der Waals surface area contributed by atoms with E-state index < -0.39 is 10.0 Å². The summed E-state index contributed by atoms with van der Waals surface area (Å²) < 4.78 is 27.9. The van der Waals surface area contributed by atoms with Gasteiger partial charge in [0.25, 0.3) is 0 Å². The molecule has 2 heterocycles. The van der Waals surface area contributed by atoms with E-state index in [0.717, 1.165) is 18.1 Å². The van der Waals surface area contributed by atoms with Crippen molar-refractivity contribution in [1.82, 2.24) is 4.31 Å². The van der Waals surface area contributed by atoms with Gasteiger partial charge in [0.2, 0.25) is 10.0 Å². The maximum absolute atomic E-state index is 13.1. The summed E-state index contributed by atoms with van der Waals surface area (Å²) in [5, 5.41) is 3.97. The molecule has 3 nitrogen and oxygen atoms in total. The fourth-order valence-corrected chi connectivity index (χ4v) is 9.52. The number of aryl methyl sites for hydroxylation is 1. The number of fused-ring (bicyclic) bond motifs is 3. The maximum atomic E-state index is 13.1. The van der Waals surface area contributed by atoms with Gasteiger partial charge in [-0.2, -0.15) is 4.31 Å².